The van der Waals surface area contributed by atoms with Crippen molar-refractivity contribution in [1.82, 2.24) is 9.80 Å². The van der Waals surface area contributed by atoms with E-state index in [4.69, 9.17) is 28.4 Å². The van der Waals surface area contributed by atoms with Gasteiger partial charge in [-0.15, -0.1) is 0 Å². The lowest BCUT2D eigenvalue weighted by Gasteiger charge is -2.49. The van der Waals surface area contributed by atoms with Gasteiger partial charge in [-0.2, -0.15) is 0 Å². The SMILES string of the molecule is CCO[C@H]1OC(C(=O)N2CCc3cc(OC)c(OC)cc3[C@H]2C[C@H]2C[C@H]3c4cc(OC)c(OC)cc4CCN3C[C@@H]2CC)=C[C@@H](c2ccccc2)[C@H]1CCCO. The summed E-state index contributed by atoms with van der Waals surface area (Å²) in [5, 5.41) is 9.80. The lowest BCUT2D eigenvalue weighted by atomic mass is 9.72. The maximum atomic E-state index is 15.2. The average Bonchev–Trinajstić information content (AvgIpc) is 3.24. The fourth-order valence-corrected chi connectivity index (χ4v) is 10.0. The van der Waals surface area contributed by atoms with Gasteiger partial charge < -0.3 is 38.4 Å². The van der Waals surface area contributed by atoms with Crippen molar-refractivity contribution in [1.29, 1.82) is 0 Å². The Labute approximate surface area is 332 Å². The van der Waals surface area contributed by atoms with Crippen molar-refractivity contribution < 1.29 is 38.3 Å². The molecule has 7 rings (SSSR count). The summed E-state index contributed by atoms with van der Waals surface area (Å²) < 4.78 is 35.9. The average molecular weight is 769 g/mol. The van der Waals surface area contributed by atoms with E-state index in [9.17, 15) is 5.11 Å². The van der Waals surface area contributed by atoms with Gasteiger partial charge in [0.25, 0.3) is 5.91 Å². The Hall–Kier alpha value is -4.25. The maximum absolute atomic E-state index is 15.2. The van der Waals surface area contributed by atoms with E-state index >= 15 is 4.79 Å². The predicted octanol–water partition coefficient (Wildman–Crippen LogP) is 7.63. The van der Waals surface area contributed by atoms with E-state index in [1.165, 1.54) is 16.7 Å². The normalized spacial score (nSPS) is 25.9. The molecule has 0 radical (unpaired) electrons. The van der Waals surface area contributed by atoms with Crippen LogP contribution in [0.5, 0.6) is 23.0 Å². The van der Waals surface area contributed by atoms with E-state index in [0.29, 0.717) is 61.5 Å². The molecule has 10 heteroatoms. The summed E-state index contributed by atoms with van der Waals surface area (Å²) in [5.74, 6) is 3.76. The number of methoxy groups -OCH3 is 4. The van der Waals surface area contributed by atoms with E-state index in [1.54, 1.807) is 28.4 Å². The van der Waals surface area contributed by atoms with Gasteiger partial charge in [-0.3, -0.25) is 9.69 Å². The second-order valence-corrected chi connectivity index (χ2v) is 15.7. The number of piperidine rings is 1. The molecule has 1 N–H and O–H groups in total. The lowest BCUT2D eigenvalue weighted by molar-refractivity contribution is -0.171. The minimum Gasteiger partial charge on any atom is -0.493 e. The summed E-state index contributed by atoms with van der Waals surface area (Å²) >= 11 is 0. The number of fused-ring (bicyclic) bond motifs is 4. The number of hydrogen-bond acceptors (Lipinski definition) is 9. The second kappa shape index (κ2) is 17.9. The Morgan fingerprint density at radius 3 is 2.12 bits per heavy atom. The van der Waals surface area contributed by atoms with E-state index in [1.807, 2.05) is 31.2 Å². The van der Waals surface area contributed by atoms with Crippen molar-refractivity contribution in [2.75, 3.05) is 61.3 Å². The van der Waals surface area contributed by atoms with Gasteiger partial charge in [0.1, 0.15) is 0 Å². The Kier molecular flexibility index (Phi) is 12.8. The third-order valence-electron chi connectivity index (χ3n) is 12.9. The van der Waals surface area contributed by atoms with Crippen LogP contribution in [0.25, 0.3) is 0 Å². The van der Waals surface area contributed by atoms with E-state index in [0.717, 1.165) is 61.4 Å². The summed E-state index contributed by atoms with van der Waals surface area (Å²) in [6.45, 7) is 7.37. The molecule has 3 aromatic carbocycles. The lowest BCUT2D eigenvalue weighted by Crippen LogP contribution is -2.48. The zero-order chi connectivity index (χ0) is 39.3. The van der Waals surface area contributed by atoms with Crippen LogP contribution in [0.2, 0.25) is 0 Å². The summed E-state index contributed by atoms with van der Waals surface area (Å²) in [6.07, 6.45) is 7.26. The van der Waals surface area contributed by atoms with E-state index in [2.05, 4.69) is 53.1 Å². The molecule has 4 aliphatic rings. The second-order valence-electron chi connectivity index (χ2n) is 15.7. The van der Waals surface area contributed by atoms with Gasteiger partial charge in [-0.05, 0) is 115 Å². The molecule has 3 aromatic rings. The largest absolute Gasteiger partial charge is 0.493 e. The zero-order valence-corrected chi connectivity index (χ0v) is 34.0. The van der Waals surface area contributed by atoms with Crippen LogP contribution in [0.3, 0.4) is 0 Å². The van der Waals surface area contributed by atoms with Crippen molar-refractivity contribution in [2.45, 2.75) is 83.1 Å². The van der Waals surface area contributed by atoms with Gasteiger partial charge in [0.2, 0.25) is 6.29 Å². The van der Waals surface area contributed by atoms with Crippen molar-refractivity contribution in [2.24, 2.45) is 17.8 Å². The molecular weight excluding hydrogens is 709 g/mol. The van der Waals surface area contributed by atoms with Crippen LogP contribution in [0.1, 0.15) is 91.8 Å². The monoisotopic (exact) mass is 768 g/mol. The number of aliphatic hydroxyl groups is 1. The highest BCUT2D eigenvalue weighted by atomic mass is 16.7. The van der Waals surface area contributed by atoms with Gasteiger partial charge in [0.15, 0.2) is 28.8 Å². The first-order valence-corrected chi connectivity index (χ1v) is 20.6. The molecule has 10 nitrogen and oxygen atoms in total. The fourth-order valence-electron chi connectivity index (χ4n) is 10.0. The minimum absolute atomic E-state index is 0.0527. The number of amides is 1. The molecule has 0 aromatic heterocycles. The first-order valence-electron chi connectivity index (χ1n) is 20.6. The summed E-state index contributed by atoms with van der Waals surface area (Å²) in [4.78, 5) is 19.9. The highest BCUT2D eigenvalue weighted by Gasteiger charge is 2.44. The summed E-state index contributed by atoms with van der Waals surface area (Å²) in [7, 11) is 6.75. The van der Waals surface area contributed by atoms with Crippen LogP contribution >= 0.6 is 0 Å². The Morgan fingerprint density at radius 1 is 0.839 bits per heavy atom. The topological polar surface area (TPSA) is 99.2 Å². The molecule has 7 atom stereocenters. The summed E-state index contributed by atoms with van der Waals surface area (Å²) in [5.41, 5.74) is 6.03. The predicted molar refractivity (Wildman–Crippen MR) is 215 cm³/mol. The van der Waals surface area contributed by atoms with Crippen LogP contribution < -0.4 is 18.9 Å². The number of nitrogens with zero attached hydrogens (tertiary/aromatic N) is 2. The number of hydrogen-bond donors (Lipinski definition) is 1. The van der Waals surface area contributed by atoms with Crippen LogP contribution in [-0.2, 0) is 27.1 Å². The number of aliphatic hydroxyl groups excluding tert-OH is 1. The Bertz CT molecular complexity index is 1850. The number of rotatable bonds is 14. The van der Waals surface area contributed by atoms with E-state index in [-0.39, 0.29) is 36.4 Å². The van der Waals surface area contributed by atoms with Crippen LogP contribution in [0.4, 0.5) is 0 Å². The number of carbonyl (C=O) groups is 1. The number of benzene rings is 3. The standard InChI is InChI=1S/C46H60N2O8/c1-7-29-28-47-18-16-31-23-40(51-3)42(53-5)26-36(31)38(47)21-33(29)22-39-37-27-43(54-6)41(52-4)24-32(37)17-19-48(39)45(50)44-25-35(30-13-10-9-11-14-30)34(15-12-20-49)46(56-44)55-8-2/h9-11,13-14,23-27,29,33-35,38-39,46,49H,7-8,12,15-22,28H2,1-6H3/t29-,33+,34+,35-,38-,39+,46-/m0/s1. The summed E-state index contributed by atoms with van der Waals surface area (Å²) in [6, 6.07) is 18.9. The highest BCUT2D eigenvalue weighted by molar-refractivity contribution is 5.92. The van der Waals surface area contributed by atoms with Crippen LogP contribution in [0, 0.1) is 17.8 Å². The molecule has 0 unspecified atom stereocenters. The van der Waals surface area contributed by atoms with E-state index < -0.39 is 6.29 Å². The molecule has 4 heterocycles. The third kappa shape index (κ3) is 7.85. The molecule has 1 saturated heterocycles. The Morgan fingerprint density at radius 2 is 1.48 bits per heavy atom. The van der Waals surface area contributed by atoms with Crippen molar-refractivity contribution in [3.63, 3.8) is 0 Å². The molecule has 1 amide bonds. The first-order chi connectivity index (χ1) is 27.3. The minimum atomic E-state index is -0.614. The maximum Gasteiger partial charge on any atom is 0.289 e. The highest BCUT2D eigenvalue weighted by Crippen LogP contribution is 2.50. The van der Waals surface area contributed by atoms with Gasteiger partial charge >= 0.3 is 0 Å². The molecule has 1 fully saturated rings. The van der Waals surface area contributed by atoms with Gasteiger partial charge in [-0.1, -0.05) is 43.7 Å². The molecule has 302 valence electrons. The molecule has 0 aliphatic carbocycles. The third-order valence-corrected chi connectivity index (χ3v) is 12.9. The number of ether oxygens (including phenoxy) is 6. The number of carbonyl (C=O) groups excluding carboxylic acids is 1. The van der Waals surface area contributed by atoms with Crippen molar-refractivity contribution >= 4 is 5.91 Å². The molecular formula is C46H60N2O8. The fraction of sp³-hybridized carbons (Fsp3) is 0.543. The van der Waals surface area contributed by atoms with Gasteiger partial charge in [0.05, 0.1) is 34.5 Å². The number of allylic oxidation sites excluding steroid dienone is 1. The van der Waals surface area contributed by atoms with Crippen molar-refractivity contribution in [3.8, 4) is 23.0 Å². The quantitative estimate of drug-likeness (QED) is 0.178. The molecule has 0 saturated carbocycles. The first kappa shape index (κ1) is 40.0. The van der Waals surface area contributed by atoms with Crippen LogP contribution in [0.15, 0.2) is 66.4 Å². The smallest absolute Gasteiger partial charge is 0.289 e. The Balaban J connectivity index is 1.27. The van der Waals surface area contributed by atoms with Crippen molar-refractivity contribution in [3.05, 3.63) is 94.2 Å². The molecule has 0 bridgehead atoms. The van der Waals surface area contributed by atoms with Crippen LogP contribution in [-0.4, -0.2) is 88.4 Å². The molecule has 0 spiro atoms. The molecule has 4 aliphatic heterocycles. The molecule has 56 heavy (non-hydrogen) atoms. The van der Waals surface area contributed by atoms with Gasteiger partial charge in [-0.25, -0.2) is 0 Å². The van der Waals surface area contributed by atoms with Gasteiger partial charge in [0, 0.05) is 50.7 Å². The zero-order valence-electron chi connectivity index (χ0n) is 34.0.